The number of phenolic OH excluding ortho intramolecular Hbond substituents is 1. The second-order valence-electron chi connectivity index (χ2n) is 3.95. The predicted molar refractivity (Wildman–Crippen MR) is 82.0 cm³/mol. The van der Waals surface area contributed by atoms with Crippen molar-refractivity contribution in [2.45, 2.75) is 6.61 Å². The van der Waals surface area contributed by atoms with Crippen LogP contribution in [-0.4, -0.2) is 11.3 Å². The van der Waals surface area contributed by atoms with Crippen molar-refractivity contribution in [1.29, 1.82) is 0 Å². The monoisotopic (exact) mass is 329 g/mol. The van der Waals surface area contributed by atoms with E-state index in [0.717, 1.165) is 5.56 Å². The maximum absolute atomic E-state index is 9.58. The van der Waals surface area contributed by atoms with Crippen LogP contribution in [0.25, 0.3) is 0 Å². The third-order valence-corrected chi connectivity index (χ3v) is 3.31. The van der Waals surface area contributed by atoms with Gasteiger partial charge in [-0.15, -0.1) is 0 Å². The summed E-state index contributed by atoms with van der Waals surface area (Å²) in [6, 6.07) is 9.77. The number of rotatable bonds is 4. The first-order valence-electron chi connectivity index (χ1n) is 5.64. The van der Waals surface area contributed by atoms with Gasteiger partial charge in [0.1, 0.15) is 12.4 Å². The Kier molecular flexibility index (Phi) is 5.12. The highest BCUT2D eigenvalue weighted by Crippen LogP contribution is 2.22. The molecule has 104 valence electrons. The summed E-state index contributed by atoms with van der Waals surface area (Å²) in [5.41, 5.74) is 1.24. The van der Waals surface area contributed by atoms with Crippen molar-refractivity contribution in [2.24, 2.45) is 5.16 Å². The highest BCUT2D eigenvalue weighted by Gasteiger charge is 2.02. The Bertz CT molecular complexity index is 644. The maximum Gasteiger partial charge on any atom is 0.143 e. The van der Waals surface area contributed by atoms with Crippen LogP contribution < -0.4 is 0 Å². The molecule has 1 N–H and O–H groups in total. The van der Waals surface area contributed by atoms with Crippen molar-refractivity contribution in [3.8, 4) is 5.75 Å². The van der Waals surface area contributed by atoms with Gasteiger partial charge in [0.15, 0.2) is 0 Å². The number of halogens is 3. The molecule has 0 aliphatic heterocycles. The molecule has 0 fully saturated rings. The van der Waals surface area contributed by atoms with Crippen molar-refractivity contribution in [3.05, 3.63) is 62.6 Å². The summed E-state index contributed by atoms with van der Waals surface area (Å²) in [6.07, 6.45) is 1.38. The minimum atomic E-state index is 0.0753. The van der Waals surface area contributed by atoms with Gasteiger partial charge in [-0.1, -0.05) is 46.0 Å². The van der Waals surface area contributed by atoms with Gasteiger partial charge in [-0.25, -0.2) is 0 Å². The van der Waals surface area contributed by atoms with Gasteiger partial charge in [-0.3, -0.25) is 0 Å². The average molecular weight is 331 g/mol. The number of hydrogen-bond donors (Lipinski definition) is 1. The van der Waals surface area contributed by atoms with E-state index in [4.69, 9.17) is 39.6 Å². The van der Waals surface area contributed by atoms with Gasteiger partial charge in [-0.05, 0) is 30.3 Å². The van der Waals surface area contributed by atoms with E-state index in [1.807, 2.05) is 0 Å². The van der Waals surface area contributed by atoms with Crippen LogP contribution in [-0.2, 0) is 11.4 Å². The predicted octanol–water partition coefficient (Wildman–Crippen LogP) is 4.90. The Labute approximate surface area is 131 Å². The normalized spacial score (nSPS) is 10.9. The molecule has 0 amide bonds. The van der Waals surface area contributed by atoms with Gasteiger partial charge in [0, 0.05) is 26.2 Å². The van der Waals surface area contributed by atoms with Crippen molar-refractivity contribution in [2.75, 3.05) is 0 Å². The first-order valence-corrected chi connectivity index (χ1v) is 6.77. The highest BCUT2D eigenvalue weighted by molar-refractivity contribution is 6.35. The van der Waals surface area contributed by atoms with Crippen molar-refractivity contribution >= 4 is 41.0 Å². The van der Waals surface area contributed by atoms with Gasteiger partial charge in [0.05, 0.1) is 6.21 Å². The molecule has 20 heavy (non-hydrogen) atoms. The minimum Gasteiger partial charge on any atom is -0.507 e. The van der Waals surface area contributed by atoms with Gasteiger partial charge >= 0.3 is 0 Å². The lowest BCUT2D eigenvalue weighted by Gasteiger charge is -2.03. The van der Waals surface area contributed by atoms with Gasteiger partial charge in [0.25, 0.3) is 0 Å². The molecule has 6 heteroatoms. The smallest absolute Gasteiger partial charge is 0.143 e. The molecule has 0 aliphatic rings. The van der Waals surface area contributed by atoms with Gasteiger partial charge in [0.2, 0.25) is 0 Å². The summed E-state index contributed by atoms with van der Waals surface area (Å²) < 4.78 is 0. The zero-order valence-electron chi connectivity index (χ0n) is 10.2. The summed E-state index contributed by atoms with van der Waals surface area (Å²) in [7, 11) is 0. The van der Waals surface area contributed by atoms with Crippen LogP contribution >= 0.6 is 34.8 Å². The van der Waals surface area contributed by atoms with Crippen LogP contribution in [0.4, 0.5) is 0 Å². The van der Waals surface area contributed by atoms with E-state index >= 15 is 0 Å². The number of oxime groups is 1. The summed E-state index contributed by atoms with van der Waals surface area (Å²) >= 11 is 17.6. The molecule has 2 aromatic carbocycles. The summed E-state index contributed by atoms with van der Waals surface area (Å²) in [4.78, 5) is 5.13. The second kappa shape index (κ2) is 6.84. The molecule has 0 aromatic heterocycles. The summed E-state index contributed by atoms with van der Waals surface area (Å²) in [6.45, 7) is 0.202. The van der Waals surface area contributed by atoms with E-state index < -0.39 is 0 Å². The first kappa shape index (κ1) is 15.0. The molecule has 3 nitrogen and oxygen atoms in total. The lowest BCUT2D eigenvalue weighted by atomic mass is 10.2. The van der Waals surface area contributed by atoms with Gasteiger partial charge < -0.3 is 9.94 Å². The standard InChI is InChI=1S/C14H10Cl3NO2/c15-11-3-4-14(19)10(5-11)7-18-20-8-9-1-2-12(16)6-13(9)17/h1-7,19H,8H2/b18-7+. The van der Waals surface area contributed by atoms with Crippen LogP contribution in [0, 0.1) is 0 Å². The van der Waals surface area contributed by atoms with Crippen molar-refractivity contribution in [1.82, 2.24) is 0 Å². The Morgan fingerprint density at radius 2 is 1.75 bits per heavy atom. The molecule has 0 unspecified atom stereocenters. The highest BCUT2D eigenvalue weighted by atomic mass is 35.5. The Morgan fingerprint density at radius 1 is 1.05 bits per heavy atom. The molecule has 0 spiro atoms. The molecule has 0 radical (unpaired) electrons. The average Bonchev–Trinajstić information content (AvgIpc) is 2.40. The topological polar surface area (TPSA) is 41.8 Å². The van der Waals surface area contributed by atoms with Crippen molar-refractivity contribution in [3.63, 3.8) is 0 Å². The molecular formula is C14H10Cl3NO2. The van der Waals surface area contributed by atoms with E-state index in [2.05, 4.69) is 5.16 Å². The van der Waals surface area contributed by atoms with Crippen molar-refractivity contribution < 1.29 is 9.94 Å². The van der Waals surface area contributed by atoms with Crippen LogP contribution in [0.3, 0.4) is 0 Å². The SMILES string of the molecule is Oc1ccc(Cl)cc1/C=N/OCc1ccc(Cl)cc1Cl. The quantitative estimate of drug-likeness (QED) is 0.639. The summed E-state index contributed by atoms with van der Waals surface area (Å²) in [5.74, 6) is 0.0753. The van der Waals surface area contributed by atoms with E-state index in [-0.39, 0.29) is 12.4 Å². The van der Waals surface area contributed by atoms with Crippen LogP contribution in [0.15, 0.2) is 41.6 Å². The third-order valence-electron chi connectivity index (χ3n) is 2.49. The van der Waals surface area contributed by atoms with E-state index in [9.17, 15) is 5.11 Å². The molecule has 2 aromatic rings. The zero-order chi connectivity index (χ0) is 14.5. The van der Waals surface area contributed by atoms with Crippen LogP contribution in [0.5, 0.6) is 5.75 Å². The molecule has 0 saturated heterocycles. The Hall–Kier alpha value is -1.42. The largest absolute Gasteiger partial charge is 0.507 e. The molecule has 0 aliphatic carbocycles. The fraction of sp³-hybridized carbons (Fsp3) is 0.0714. The Morgan fingerprint density at radius 3 is 2.50 bits per heavy atom. The fourth-order valence-corrected chi connectivity index (χ4v) is 2.11. The molecule has 0 saturated carbocycles. The number of hydrogen-bond acceptors (Lipinski definition) is 3. The third kappa shape index (κ3) is 4.04. The fourth-order valence-electron chi connectivity index (χ4n) is 1.47. The van der Waals surface area contributed by atoms with E-state index in [1.54, 1.807) is 30.3 Å². The lowest BCUT2D eigenvalue weighted by molar-refractivity contribution is 0.132. The molecule has 0 atom stereocenters. The molecule has 0 bridgehead atoms. The molecule has 2 rings (SSSR count). The maximum atomic E-state index is 9.58. The molecular weight excluding hydrogens is 321 g/mol. The number of nitrogens with zero attached hydrogens (tertiary/aromatic N) is 1. The second-order valence-corrected chi connectivity index (χ2v) is 5.23. The van der Waals surface area contributed by atoms with E-state index in [0.29, 0.717) is 20.6 Å². The molecule has 0 heterocycles. The van der Waals surface area contributed by atoms with E-state index in [1.165, 1.54) is 12.3 Å². The number of phenols is 1. The Balaban J connectivity index is 1.98. The zero-order valence-corrected chi connectivity index (χ0v) is 12.5. The summed E-state index contributed by atoms with van der Waals surface area (Å²) in [5, 5.41) is 14.9. The minimum absolute atomic E-state index is 0.0753. The van der Waals surface area contributed by atoms with Crippen LogP contribution in [0.2, 0.25) is 15.1 Å². The number of aromatic hydroxyl groups is 1. The van der Waals surface area contributed by atoms with Gasteiger partial charge in [-0.2, -0.15) is 0 Å². The lowest BCUT2D eigenvalue weighted by Crippen LogP contribution is -1.90. The number of benzene rings is 2. The van der Waals surface area contributed by atoms with Crippen LogP contribution in [0.1, 0.15) is 11.1 Å². The first-order chi connectivity index (χ1) is 9.56.